The molecule has 0 fully saturated rings. The van der Waals surface area contributed by atoms with Crippen LogP contribution >= 0.6 is 23.8 Å². The Labute approximate surface area is 153 Å². The summed E-state index contributed by atoms with van der Waals surface area (Å²) < 4.78 is 1.52. The van der Waals surface area contributed by atoms with Gasteiger partial charge in [-0.15, -0.1) is 0 Å². The predicted octanol–water partition coefficient (Wildman–Crippen LogP) is 4.31. The van der Waals surface area contributed by atoms with Gasteiger partial charge in [0.1, 0.15) is 5.56 Å². The summed E-state index contributed by atoms with van der Waals surface area (Å²) >= 11 is 11.0. The molecule has 7 heteroatoms. The molecule has 5 nitrogen and oxygen atoms in total. The molecule has 25 heavy (non-hydrogen) atoms. The number of rotatable bonds is 3. The second-order valence-electron chi connectivity index (χ2n) is 5.35. The van der Waals surface area contributed by atoms with Gasteiger partial charge in [0, 0.05) is 11.2 Å². The smallest absolute Gasteiger partial charge is 0.264 e. The summed E-state index contributed by atoms with van der Waals surface area (Å²) in [5.74, 6) is -0.263. The van der Waals surface area contributed by atoms with E-state index in [1.807, 2.05) is 31.2 Å². The molecule has 0 amide bonds. The highest BCUT2D eigenvalue weighted by Gasteiger charge is 2.13. The number of benzene rings is 2. The molecule has 0 aliphatic carbocycles. The number of aromatic amines is 1. The minimum Gasteiger partial charge on any atom is -0.494 e. The Bertz CT molecular complexity index is 1070. The van der Waals surface area contributed by atoms with Crippen LogP contribution in [0.1, 0.15) is 11.1 Å². The van der Waals surface area contributed by atoms with E-state index >= 15 is 0 Å². The molecule has 0 saturated carbocycles. The fourth-order valence-electron chi connectivity index (χ4n) is 2.36. The van der Waals surface area contributed by atoms with Gasteiger partial charge < -0.3 is 5.11 Å². The van der Waals surface area contributed by atoms with E-state index in [-0.39, 0.29) is 16.2 Å². The number of nitrogens with zero attached hydrogens (tertiary/aromatic N) is 2. The zero-order chi connectivity index (χ0) is 18.0. The van der Waals surface area contributed by atoms with E-state index in [9.17, 15) is 9.90 Å². The topological polar surface area (TPSA) is 70.4 Å². The van der Waals surface area contributed by atoms with Crippen molar-refractivity contribution in [3.05, 3.63) is 79.8 Å². The second kappa shape index (κ2) is 7.04. The molecule has 1 aromatic heterocycles. The van der Waals surface area contributed by atoms with Gasteiger partial charge in [-0.2, -0.15) is 0 Å². The van der Waals surface area contributed by atoms with Crippen molar-refractivity contribution in [3.8, 4) is 11.6 Å². The number of hydrogen-bond acceptors (Lipinski definition) is 4. The molecule has 2 N–H and O–H groups in total. The molecule has 0 unspecified atom stereocenters. The van der Waals surface area contributed by atoms with Crippen LogP contribution in [-0.4, -0.2) is 20.9 Å². The summed E-state index contributed by atoms with van der Waals surface area (Å²) in [5, 5.41) is 11.2. The van der Waals surface area contributed by atoms with Gasteiger partial charge in [-0.3, -0.25) is 19.3 Å². The fraction of sp³-hybridized carbons (Fsp3) is 0.0556. The van der Waals surface area contributed by atoms with Crippen molar-refractivity contribution in [1.29, 1.82) is 0 Å². The van der Waals surface area contributed by atoms with Gasteiger partial charge in [0.2, 0.25) is 5.88 Å². The lowest BCUT2D eigenvalue weighted by atomic mass is 10.2. The van der Waals surface area contributed by atoms with Crippen molar-refractivity contribution >= 4 is 35.7 Å². The summed E-state index contributed by atoms with van der Waals surface area (Å²) in [6.07, 6.45) is 1.31. The zero-order valence-corrected chi connectivity index (χ0v) is 14.8. The van der Waals surface area contributed by atoms with Crippen molar-refractivity contribution in [1.82, 2.24) is 9.55 Å². The van der Waals surface area contributed by atoms with E-state index in [0.29, 0.717) is 16.4 Å². The van der Waals surface area contributed by atoms with Gasteiger partial charge in [-0.25, -0.2) is 0 Å². The molecule has 3 aromatic rings. The largest absolute Gasteiger partial charge is 0.494 e. The molecule has 126 valence electrons. The quantitative estimate of drug-likeness (QED) is 0.532. The molecule has 0 radical (unpaired) electrons. The van der Waals surface area contributed by atoms with Crippen molar-refractivity contribution in [2.24, 2.45) is 4.99 Å². The van der Waals surface area contributed by atoms with Crippen molar-refractivity contribution in [2.75, 3.05) is 0 Å². The first kappa shape index (κ1) is 17.1. The van der Waals surface area contributed by atoms with Crippen molar-refractivity contribution in [2.45, 2.75) is 6.92 Å². The first-order chi connectivity index (χ1) is 12.0. The standard InChI is InChI=1S/C18H14ClN3O2S/c1-11-4-2-3-5-15(11)22-17(24)14(16(23)21-18(22)25)10-20-13-8-6-12(19)7-9-13/h2-10,24H,1H3,(H,21,23,25). The third-order valence-electron chi connectivity index (χ3n) is 3.65. The summed E-state index contributed by atoms with van der Waals surface area (Å²) in [6.45, 7) is 1.89. The van der Waals surface area contributed by atoms with Gasteiger partial charge in [-0.1, -0.05) is 29.8 Å². The number of halogens is 1. The SMILES string of the molecule is Cc1ccccc1-n1c(O)c(C=Nc2ccc(Cl)cc2)c(=O)[nH]c1=S. The molecule has 0 aliphatic rings. The number of aromatic nitrogens is 2. The molecule has 0 aliphatic heterocycles. The minimum absolute atomic E-state index is 0.0202. The van der Waals surface area contributed by atoms with E-state index in [2.05, 4.69) is 9.98 Å². The van der Waals surface area contributed by atoms with Crippen LogP contribution in [0.5, 0.6) is 5.88 Å². The van der Waals surface area contributed by atoms with Crippen LogP contribution in [-0.2, 0) is 0 Å². The monoisotopic (exact) mass is 371 g/mol. The van der Waals surface area contributed by atoms with Crippen LogP contribution in [0.2, 0.25) is 5.02 Å². The van der Waals surface area contributed by atoms with E-state index in [4.69, 9.17) is 23.8 Å². The predicted molar refractivity (Wildman–Crippen MR) is 102 cm³/mol. The average Bonchev–Trinajstić information content (AvgIpc) is 2.57. The van der Waals surface area contributed by atoms with Crippen molar-refractivity contribution < 1.29 is 5.11 Å². The third kappa shape index (κ3) is 3.55. The molecule has 0 bridgehead atoms. The molecular formula is C18H14ClN3O2S. The maximum atomic E-state index is 12.2. The van der Waals surface area contributed by atoms with Gasteiger partial charge in [0.15, 0.2) is 4.77 Å². The number of aryl methyl sites for hydroxylation is 1. The van der Waals surface area contributed by atoms with Crippen LogP contribution in [0.4, 0.5) is 5.69 Å². The normalized spacial score (nSPS) is 11.1. The molecule has 0 spiro atoms. The number of aromatic hydroxyl groups is 1. The Hall–Kier alpha value is -2.70. The van der Waals surface area contributed by atoms with E-state index in [1.165, 1.54) is 10.8 Å². The Morgan fingerprint density at radius 3 is 2.56 bits per heavy atom. The second-order valence-corrected chi connectivity index (χ2v) is 6.18. The van der Waals surface area contributed by atoms with Gasteiger partial charge in [0.05, 0.1) is 11.4 Å². The Morgan fingerprint density at radius 2 is 1.88 bits per heavy atom. The van der Waals surface area contributed by atoms with Crippen molar-refractivity contribution in [3.63, 3.8) is 0 Å². The molecular weight excluding hydrogens is 358 g/mol. The third-order valence-corrected chi connectivity index (χ3v) is 4.18. The van der Waals surface area contributed by atoms with Crippen LogP contribution in [0.25, 0.3) is 5.69 Å². The molecule has 0 atom stereocenters. The zero-order valence-electron chi connectivity index (χ0n) is 13.2. The minimum atomic E-state index is -0.509. The number of nitrogens with one attached hydrogen (secondary N) is 1. The Balaban J connectivity index is 2.14. The average molecular weight is 372 g/mol. The first-order valence-corrected chi connectivity index (χ1v) is 8.20. The van der Waals surface area contributed by atoms with Crippen LogP contribution in [0, 0.1) is 11.7 Å². The van der Waals surface area contributed by atoms with Gasteiger partial charge in [0.25, 0.3) is 5.56 Å². The highest BCUT2D eigenvalue weighted by atomic mass is 35.5. The number of hydrogen-bond donors (Lipinski definition) is 2. The highest BCUT2D eigenvalue weighted by Crippen LogP contribution is 2.22. The number of para-hydroxylation sites is 1. The summed E-state index contributed by atoms with van der Waals surface area (Å²) in [4.78, 5) is 19.0. The lowest BCUT2D eigenvalue weighted by molar-refractivity contribution is 0.432. The molecule has 2 aromatic carbocycles. The number of aliphatic imine (C=N–C) groups is 1. The molecule has 0 saturated heterocycles. The lowest BCUT2D eigenvalue weighted by Crippen LogP contribution is -2.18. The summed E-state index contributed by atoms with van der Waals surface area (Å²) in [5.41, 5.74) is 1.70. The van der Waals surface area contributed by atoms with E-state index in [0.717, 1.165) is 5.56 Å². The Kier molecular flexibility index (Phi) is 4.83. The van der Waals surface area contributed by atoms with Gasteiger partial charge in [-0.05, 0) is 55.0 Å². The summed E-state index contributed by atoms with van der Waals surface area (Å²) in [7, 11) is 0. The molecule has 3 rings (SSSR count). The highest BCUT2D eigenvalue weighted by molar-refractivity contribution is 7.71. The van der Waals surface area contributed by atoms with E-state index in [1.54, 1.807) is 24.3 Å². The van der Waals surface area contributed by atoms with Crippen LogP contribution < -0.4 is 5.56 Å². The first-order valence-electron chi connectivity index (χ1n) is 7.41. The maximum Gasteiger partial charge on any atom is 0.264 e. The summed E-state index contributed by atoms with van der Waals surface area (Å²) in [6, 6.07) is 14.2. The molecule has 1 heterocycles. The number of H-pyrrole nitrogens is 1. The van der Waals surface area contributed by atoms with Crippen LogP contribution in [0.15, 0.2) is 58.3 Å². The van der Waals surface area contributed by atoms with Crippen LogP contribution in [0.3, 0.4) is 0 Å². The Morgan fingerprint density at radius 1 is 1.20 bits per heavy atom. The lowest BCUT2D eigenvalue weighted by Gasteiger charge is -2.13. The maximum absolute atomic E-state index is 12.2. The fourth-order valence-corrected chi connectivity index (χ4v) is 2.76. The van der Waals surface area contributed by atoms with E-state index < -0.39 is 5.56 Å². The van der Waals surface area contributed by atoms with Gasteiger partial charge >= 0.3 is 0 Å².